The average molecular weight is 288 g/mol. The molecule has 0 aliphatic heterocycles. The third kappa shape index (κ3) is 5.86. The quantitative estimate of drug-likeness (QED) is 0.623. The Labute approximate surface area is 127 Å². The summed E-state index contributed by atoms with van der Waals surface area (Å²) in [5.41, 5.74) is 3.80. The fraction of sp³-hybridized carbons (Fsp3) is 0.389. The minimum Gasteiger partial charge on any atom is -0.508 e. The van der Waals surface area contributed by atoms with E-state index in [1.54, 1.807) is 12.1 Å². The molecule has 1 aromatic carbocycles. The van der Waals surface area contributed by atoms with Crippen LogP contribution in [0.3, 0.4) is 0 Å². The molecule has 1 N–H and O–H groups in total. The zero-order chi connectivity index (χ0) is 15.8. The molecule has 0 spiro atoms. The molecule has 3 nitrogen and oxygen atoms in total. The number of hydrogen-bond acceptors (Lipinski definition) is 3. The minimum atomic E-state index is -0.440. The number of phenolic OH excluding ortho intramolecular Hbond substituents is 1. The summed E-state index contributed by atoms with van der Waals surface area (Å²) >= 11 is 0. The van der Waals surface area contributed by atoms with Crippen molar-refractivity contribution in [3.05, 3.63) is 52.6 Å². The fourth-order valence-electron chi connectivity index (χ4n) is 1.96. The molecule has 0 saturated heterocycles. The molecular weight excluding hydrogens is 264 g/mol. The van der Waals surface area contributed by atoms with Crippen molar-refractivity contribution in [1.29, 1.82) is 0 Å². The second-order valence-electron chi connectivity index (χ2n) is 5.41. The van der Waals surface area contributed by atoms with Gasteiger partial charge in [0.1, 0.15) is 5.75 Å². The van der Waals surface area contributed by atoms with Crippen molar-refractivity contribution in [2.24, 2.45) is 0 Å². The third-order valence-corrected chi connectivity index (χ3v) is 3.27. The molecule has 0 aromatic heterocycles. The Balaban J connectivity index is 2.67. The first-order valence-corrected chi connectivity index (χ1v) is 7.13. The molecule has 0 amide bonds. The van der Waals surface area contributed by atoms with Crippen molar-refractivity contribution in [2.75, 3.05) is 7.11 Å². The van der Waals surface area contributed by atoms with Crippen molar-refractivity contribution in [2.45, 2.75) is 40.0 Å². The van der Waals surface area contributed by atoms with E-state index in [9.17, 15) is 9.90 Å². The number of hydrogen-bond donors (Lipinski definition) is 1. The number of rotatable bonds is 6. The first kappa shape index (κ1) is 17.0. The maximum Gasteiger partial charge on any atom is 0.337 e. The number of benzene rings is 1. The highest BCUT2D eigenvalue weighted by atomic mass is 16.5. The van der Waals surface area contributed by atoms with E-state index < -0.39 is 5.97 Å². The Hall–Kier alpha value is -2.03. The van der Waals surface area contributed by atoms with E-state index in [4.69, 9.17) is 0 Å². The second kappa shape index (κ2) is 8.30. The number of allylic oxidation sites excluding steroid dienone is 4. The summed E-state index contributed by atoms with van der Waals surface area (Å²) in [5, 5.41) is 9.95. The van der Waals surface area contributed by atoms with Crippen molar-refractivity contribution in [1.82, 2.24) is 0 Å². The predicted molar refractivity (Wildman–Crippen MR) is 85.6 cm³/mol. The molecule has 0 atom stereocenters. The molecule has 0 aliphatic carbocycles. The van der Waals surface area contributed by atoms with Gasteiger partial charge in [0.2, 0.25) is 0 Å². The number of esters is 1. The number of carbonyl (C=O) groups is 1. The first-order chi connectivity index (χ1) is 9.93. The Morgan fingerprint density at radius 2 is 1.95 bits per heavy atom. The average Bonchev–Trinajstić information content (AvgIpc) is 2.44. The van der Waals surface area contributed by atoms with Gasteiger partial charge in [-0.05, 0) is 57.7 Å². The lowest BCUT2D eigenvalue weighted by Crippen LogP contribution is -2.01. The molecular formula is C18H24O3. The lowest BCUT2D eigenvalue weighted by Gasteiger charge is -2.05. The van der Waals surface area contributed by atoms with Crippen LogP contribution >= 0.6 is 0 Å². The SMILES string of the molecule is COC(=O)c1ccc(C/C=C(\C)CCC=C(C)C)c(O)c1. The summed E-state index contributed by atoms with van der Waals surface area (Å²) < 4.78 is 4.63. The minimum absolute atomic E-state index is 0.131. The van der Waals surface area contributed by atoms with Gasteiger partial charge in [0.25, 0.3) is 0 Å². The van der Waals surface area contributed by atoms with E-state index in [1.165, 1.54) is 24.3 Å². The predicted octanol–water partition coefficient (Wildman–Crippen LogP) is 4.41. The first-order valence-electron chi connectivity index (χ1n) is 7.13. The topological polar surface area (TPSA) is 46.5 Å². The molecule has 0 unspecified atom stereocenters. The molecule has 0 bridgehead atoms. The molecule has 114 valence electrons. The summed E-state index contributed by atoms with van der Waals surface area (Å²) in [6.07, 6.45) is 7.06. The number of methoxy groups -OCH3 is 1. The lowest BCUT2D eigenvalue weighted by atomic mass is 10.0. The molecule has 21 heavy (non-hydrogen) atoms. The highest BCUT2D eigenvalue weighted by Gasteiger charge is 2.08. The standard InChI is InChI=1S/C18H24O3/c1-13(2)6-5-7-14(3)8-9-15-10-11-16(12-17(15)19)18(20)21-4/h6,8,10-12,19H,5,7,9H2,1-4H3/b14-8+. The van der Waals surface area contributed by atoms with Gasteiger partial charge in [-0.2, -0.15) is 0 Å². The van der Waals surface area contributed by atoms with Gasteiger partial charge in [0, 0.05) is 0 Å². The van der Waals surface area contributed by atoms with Gasteiger partial charge in [0.15, 0.2) is 0 Å². The van der Waals surface area contributed by atoms with Gasteiger partial charge >= 0.3 is 5.97 Å². The van der Waals surface area contributed by atoms with Crippen LogP contribution in [0.1, 0.15) is 49.5 Å². The maximum atomic E-state index is 11.4. The van der Waals surface area contributed by atoms with Gasteiger partial charge in [0.05, 0.1) is 12.7 Å². The van der Waals surface area contributed by atoms with E-state index in [-0.39, 0.29) is 5.75 Å². The van der Waals surface area contributed by atoms with Gasteiger partial charge in [-0.15, -0.1) is 0 Å². The van der Waals surface area contributed by atoms with Gasteiger partial charge in [-0.25, -0.2) is 4.79 Å². The van der Waals surface area contributed by atoms with Crippen LogP contribution in [0.2, 0.25) is 0 Å². The zero-order valence-corrected chi connectivity index (χ0v) is 13.3. The van der Waals surface area contributed by atoms with Gasteiger partial charge < -0.3 is 9.84 Å². The highest BCUT2D eigenvalue weighted by Crippen LogP contribution is 2.21. The molecule has 0 saturated carbocycles. The largest absolute Gasteiger partial charge is 0.508 e. The molecule has 1 rings (SSSR count). The monoisotopic (exact) mass is 288 g/mol. The number of aromatic hydroxyl groups is 1. The van der Waals surface area contributed by atoms with Crippen molar-refractivity contribution in [3.8, 4) is 5.75 Å². The third-order valence-electron chi connectivity index (χ3n) is 3.27. The molecule has 0 radical (unpaired) electrons. The van der Waals surface area contributed by atoms with E-state index in [1.807, 2.05) is 0 Å². The number of ether oxygens (including phenoxy) is 1. The molecule has 3 heteroatoms. The van der Waals surface area contributed by atoms with Crippen LogP contribution in [-0.2, 0) is 11.2 Å². The van der Waals surface area contributed by atoms with E-state index in [0.717, 1.165) is 18.4 Å². The Kier molecular flexibility index (Phi) is 6.73. The van der Waals surface area contributed by atoms with Crippen molar-refractivity contribution >= 4 is 5.97 Å². The summed E-state index contributed by atoms with van der Waals surface area (Å²) in [4.78, 5) is 11.4. The van der Waals surface area contributed by atoms with E-state index in [2.05, 4.69) is 37.7 Å². The van der Waals surface area contributed by atoms with E-state index in [0.29, 0.717) is 12.0 Å². The van der Waals surface area contributed by atoms with Gasteiger partial charge in [-0.3, -0.25) is 0 Å². The maximum absolute atomic E-state index is 11.4. The van der Waals surface area contributed by atoms with Crippen LogP contribution in [-0.4, -0.2) is 18.2 Å². The van der Waals surface area contributed by atoms with Crippen molar-refractivity contribution < 1.29 is 14.6 Å². The van der Waals surface area contributed by atoms with Crippen LogP contribution in [0, 0.1) is 0 Å². The Morgan fingerprint density at radius 1 is 1.24 bits per heavy atom. The summed E-state index contributed by atoms with van der Waals surface area (Å²) in [6.45, 7) is 6.29. The number of carbonyl (C=O) groups excluding carboxylic acids is 1. The molecule has 0 aliphatic rings. The van der Waals surface area contributed by atoms with Gasteiger partial charge in [-0.1, -0.05) is 29.4 Å². The lowest BCUT2D eigenvalue weighted by molar-refractivity contribution is 0.0600. The van der Waals surface area contributed by atoms with Crippen LogP contribution in [0.4, 0.5) is 0 Å². The van der Waals surface area contributed by atoms with Crippen LogP contribution in [0.15, 0.2) is 41.5 Å². The second-order valence-corrected chi connectivity index (χ2v) is 5.41. The Bertz CT molecular complexity index is 550. The smallest absolute Gasteiger partial charge is 0.337 e. The molecule has 1 aromatic rings. The summed E-state index contributed by atoms with van der Waals surface area (Å²) in [6, 6.07) is 4.89. The normalized spacial score (nSPS) is 11.1. The van der Waals surface area contributed by atoms with Crippen LogP contribution in [0.25, 0.3) is 0 Å². The highest BCUT2D eigenvalue weighted by molar-refractivity contribution is 5.89. The summed E-state index contributed by atoms with van der Waals surface area (Å²) in [7, 11) is 1.33. The van der Waals surface area contributed by atoms with Crippen LogP contribution in [0.5, 0.6) is 5.75 Å². The fourth-order valence-corrected chi connectivity index (χ4v) is 1.96. The van der Waals surface area contributed by atoms with E-state index >= 15 is 0 Å². The number of phenols is 1. The Morgan fingerprint density at radius 3 is 2.52 bits per heavy atom. The molecule has 0 heterocycles. The van der Waals surface area contributed by atoms with Crippen molar-refractivity contribution in [3.63, 3.8) is 0 Å². The van der Waals surface area contributed by atoms with Crippen LogP contribution < -0.4 is 0 Å². The zero-order valence-electron chi connectivity index (χ0n) is 13.3. The summed E-state index contributed by atoms with van der Waals surface area (Å²) in [5.74, 6) is -0.309. The molecule has 0 fully saturated rings.